The van der Waals surface area contributed by atoms with Gasteiger partial charge in [-0.05, 0) is 23.8 Å². The van der Waals surface area contributed by atoms with E-state index in [4.69, 9.17) is 4.74 Å². The summed E-state index contributed by atoms with van der Waals surface area (Å²) < 4.78 is 7.19. The average molecular weight is 363 g/mol. The molecule has 1 N–H and O–H groups in total. The van der Waals surface area contributed by atoms with Gasteiger partial charge in [-0.15, -0.1) is 11.3 Å². The molecule has 2 heterocycles. The van der Waals surface area contributed by atoms with Crippen LogP contribution in [0.25, 0.3) is 16.2 Å². The van der Waals surface area contributed by atoms with Gasteiger partial charge in [-0.25, -0.2) is 4.98 Å². The molecule has 0 aliphatic carbocycles. The Hall–Kier alpha value is -3.12. The molecule has 0 radical (unpaired) electrons. The first-order valence-corrected chi connectivity index (χ1v) is 9.05. The number of fused-ring (bicyclic) bond motifs is 1. The summed E-state index contributed by atoms with van der Waals surface area (Å²) in [5.41, 5.74) is 3.41. The molecule has 26 heavy (non-hydrogen) atoms. The second-order valence-electron chi connectivity index (χ2n) is 5.84. The third kappa shape index (κ3) is 3.32. The van der Waals surface area contributed by atoms with E-state index >= 15 is 0 Å². The Labute approximate surface area is 154 Å². The third-order valence-electron chi connectivity index (χ3n) is 4.07. The van der Waals surface area contributed by atoms with E-state index in [-0.39, 0.29) is 12.3 Å². The summed E-state index contributed by atoms with van der Waals surface area (Å²) in [5.74, 6) is 0.667. The van der Waals surface area contributed by atoms with E-state index in [0.29, 0.717) is 0 Å². The van der Waals surface area contributed by atoms with E-state index in [1.807, 2.05) is 70.7 Å². The summed E-state index contributed by atoms with van der Waals surface area (Å²) in [4.78, 5) is 18.1. The molecule has 0 unspecified atom stereocenters. The smallest absolute Gasteiger partial charge is 0.228 e. The molecule has 4 rings (SSSR count). The molecule has 0 saturated heterocycles. The summed E-state index contributed by atoms with van der Waals surface area (Å²) in [6, 6.07) is 15.2. The number of hydrogen-bond acceptors (Lipinski definition) is 4. The number of nitrogens with one attached hydrogen (secondary N) is 1. The van der Waals surface area contributed by atoms with Crippen molar-refractivity contribution in [3.8, 4) is 17.0 Å². The number of ether oxygens (including phenoxy) is 1. The van der Waals surface area contributed by atoms with Gasteiger partial charge in [0.15, 0.2) is 4.96 Å². The van der Waals surface area contributed by atoms with Gasteiger partial charge in [0, 0.05) is 23.3 Å². The number of methoxy groups -OCH3 is 1. The molecular weight excluding hydrogens is 346 g/mol. The zero-order chi connectivity index (χ0) is 17.9. The lowest BCUT2D eigenvalue weighted by Crippen LogP contribution is -2.15. The van der Waals surface area contributed by atoms with Crippen LogP contribution in [0.15, 0.2) is 66.3 Å². The first kappa shape index (κ1) is 16.4. The van der Waals surface area contributed by atoms with Crippen molar-refractivity contribution in [2.75, 3.05) is 12.4 Å². The predicted octanol–water partition coefficient (Wildman–Crippen LogP) is 4.25. The van der Waals surface area contributed by atoms with Gasteiger partial charge in [0.2, 0.25) is 5.91 Å². The highest BCUT2D eigenvalue weighted by atomic mass is 32.1. The van der Waals surface area contributed by atoms with Crippen molar-refractivity contribution < 1.29 is 9.53 Å². The van der Waals surface area contributed by atoms with Gasteiger partial charge in [0.25, 0.3) is 0 Å². The molecule has 4 aromatic rings. The summed E-state index contributed by atoms with van der Waals surface area (Å²) in [5, 5.41) is 5.00. The zero-order valence-corrected chi connectivity index (χ0v) is 15.0. The van der Waals surface area contributed by atoms with Crippen LogP contribution < -0.4 is 10.1 Å². The number of rotatable bonds is 5. The molecule has 130 valence electrons. The van der Waals surface area contributed by atoms with E-state index in [1.165, 1.54) is 0 Å². The van der Waals surface area contributed by atoms with Crippen LogP contribution in [0, 0.1) is 0 Å². The molecule has 0 fully saturated rings. The fourth-order valence-corrected chi connectivity index (χ4v) is 3.53. The van der Waals surface area contributed by atoms with Crippen LogP contribution in [-0.2, 0) is 11.2 Å². The van der Waals surface area contributed by atoms with Gasteiger partial charge >= 0.3 is 0 Å². The minimum Gasteiger partial charge on any atom is -0.497 e. The van der Waals surface area contributed by atoms with Crippen LogP contribution in [-0.4, -0.2) is 22.4 Å². The Morgan fingerprint density at radius 1 is 1.23 bits per heavy atom. The highest BCUT2D eigenvalue weighted by Gasteiger charge is 2.12. The second kappa shape index (κ2) is 7.01. The number of thiazole rings is 1. The van der Waals surface area contributed by atoms with E-state index < -0.39 is 0 Å². The first-order chi connectivity index (χ1) is 12.7. The Morgan fingerprint density at radius 3 is 2.96 bits per heavy atom. The lowest BCUT2D eigenvalue weighted by atomic mass is 10.1. The van der Waals surface area contributed by atoms with Crippen molar-refractivity contribution in [2.24, 2.45) is 0 Å². The van der Waals surface area contributed by atoms with Crippen molar-refractivity contribution in [2.45, 2.75) is 6.42 Å². The standard InChI is InChI=1S/C20H17N3O2S/c1-25-15-6-4-5-14(11-15)12-19(24)21-17-8-3-2-7-16(17)18-13-23-9-10-26-20(23)22-18/h2-11,13H,12H2,1H3,(H,21,24). The van der Waals surface area contributed by atoms with Crippen LogP contribution in [0.1, 0.15) is 5.56 Å². The van der Waals surface area contributed by atoms with E-state index in [1.54, 1.807) is 18.4 Å². The fourth-order valence-electron chi connectivity index (χ4n) is 2.83. The van der Waals surface area contributed by atoms with E-state index in [0.717, 1.165) is 33.2 Å². The minimum atomic E-state index is -0.0771. The van der Waals surface area contributed by atoms with Crippen LogP contribution in [0.4, 0.5) is 5.69 Å². The lowest BCUT2D eigenvalue weighted by Gasteiger charge is -2.10. The van der Waals surface area contributed by atoms with Crippen LogP contribution in [0.3, 0.4) is 0 Å². The number of hydrogen-bond donors (Lipinski definition) is 1. The maximum atomic E-state index is 12.5. The van der Waals surface area contributed by atoms with Crippen molar-refractivity contribution >= 4 is 27.9 Å². The quantitative estimate of drug-likeness (QED) is 0.577. The van der Waals surface area contributed by atoms with Crippen LogP contribution in [0.5, 0.6) is 5.75 Å². The molecule has 2 aromatic carbocycles. The Balaban J connectivity index is 1.56. The summed E-state index contributed by atoms with van der Waals surface area (Å²) in [6.45, 7) is 0. The van der Waals surface area contributed by atoms with Crippen LogP contribution in [0.2, 0.25) is 0 Å². The number of benzene rings is 2. The Kier molecular flexibility index (Phi) is 4.41. The molecule has 0 spiro atoms. The Bertz CT molecular complexity index is 1040. The summed E-state index contributed by atoms with van der Waals surface area (Å²) >= 11 is 1.58. The number of amides is 1. The molecule has 1 amide bonds. The second-order valence-corrected chi connectivity index (χ2v) is 6.71. The van der Waals surface area contributed by atoms with Gasteiger partial charge < -0.3 is 10.1 Å². The van der Waals surface area contributed by atoms with Gasteiger partial charge in [-0.1, -0.05) is 30.3 Å². The highest BCUT2D eigenvalue weighted by molar-refractivity contribution is 7.15. The van der Waals surface area contributed by atoms with Crippen LogP contribution >= 0.6 is 11.3 Å². The first-order valence-electron chi connectivity index (χ1n) is 8.17. The van der Waals surface area contributed by atoms with Gasteiger partial charge in [0.1, 0.15) is 5.75 Å². The summed E-state index contributed by atoms with van der Waals surface area (Å²) in [6.07, 6.45) is 4.23. The Morgan fingerprint density at radius 2 is 2.12 bits per heavy atom. The largest absolute Gasteiger partial charge is 0.497 e. The maximum Gasteiger partial charge on any atom is 0.228 e. The van der Waals surface area contributed by atoms with Crippen molar-refractivity contribution in [3.63, 3.8) is 0 Å². The number of imidazole rings is 1. The van der Waals surface area contributed by atoms with Crippen molar-refractivity contribution in [1.29, 1.82) is 0 Å². The maximum absolute atomic E-state index is 12.5. The number of carbonyl (C=O) groups excluding carboxylic acids is 1. The summed E-state index contributed by atoms with van der Waals surface area (Å²) in [7, 11) is 1.62. The fraction of sp³-hybridized carbons (Fsp3) is 0.100. The van der Waals surface area contributed by atoms with E-state index in [9.17, 15) is 4.79 Å². The van der Waals surface area contributed by atoms with Gasteiger partial charge in [-0.2, -0.15) is 0 Å². The molecule has 5 nitrogen and oxygen atoms in total. The average Bonchev–Trinajstić information content (AvgIpc) is 3.24. The van der Waals surface area contributed by atoms with Crippen molar-refractivity contribution in [3.05, 3.63) is 71.9 Å². The van der Waals surface area contributed by atoms with Crippen molar-refractivity contribution in [1.82, 2.24) is 9.38 Å². The molecule has 0 bridgehead atoms. The number of para-hydroxylation sites is 1. The SMILES string of the molecule is COc1cccc(CC(=O)Nc2ccccc2-c2cn3ccsc3n2)c1. The number of aromatic nitrogens is 2. The molecule has 0 saturated carbocycles. The molecular formula is C20H17N3O2S. The monoisotopic (exact) mass is 363 g/mol. The third-order valence-corrected chi connectivity index (χ3v) is 4.84. The minimum absolute atomic E-state index is 0.0771. The predicted molar refractivity (Wildman–Crippen MR) is 104 cm³/mol. The molecule has 0 aliphatic rings. The van der Waals surface area contributed by atoms with E-state index in [2.05, 4.69) is 10.3 Å². The molecule has 0 aliphatic heterocycles. The lowest BCUT2D eigenvalue weighted by molar-refractivity contribution is -0.115. The zero-order valence-electron chi connectivity index (χ0n) is 14.2. The number of anilines is 1. The molecule has 2 aromatic heterocycles. The normalized spacial score (nSPS) is 10.8. The number of carbonyl (C=O) groups is 1. The topological polar surface area (TPSA) is 55.6 Å². The molecule has 0 atom stereocenters. The van der Waals surface area contributed by atoms with Gasteiger partial charge in [-0.3, -0.25) is 9.20 Å². The molecule has 6 heteroatoms. The highest BCUT2D eigenvalue weighted by Crippen LogP contribution is 2.28. The van der Waals surface area contributed by atoms with Gasteiger partial charge in [0.05, 0.1) is 24.9 Å². The number of nitrogens with zero attached hydrogens (tertiary/aromatic N) is 2.